The van der Waals surface area contributed by atoms with Gasteiger partial charge in [0, 0.05) is 12.0 Å². The Bertz CT molecular complexity index is 617. The number of rotatable bonds is 7. The smallest absolute Gasteiger partial charge is 0.163 e. The predicted octanol–water partition coefficient (Wildman–Crippen LogP) is 4.47. The second kappa shape index (κ2) is 7.64. The Morgan fingerprint density at radius 3 is 2.27 bits per heavy atom. The predicted molar refractivity (Wildman–Crippen MR) is 88.0 cm³/mol. The van der Waals surface area contributed by atoms with Crippen molar-refractivity contribution in [2.75, 3.05) is 14.2 Å². The first-order valence-electron chi connectivity index (χ1n) is 7.49. The molecule has 3 nitrogen and oxygen atoms in total. The lowest BCUT2D eigenvalue weighted by atomic mass is 9.89. The molecule has 3 heteroatoms. The number of ketones is 1. The molecule has 0 saturated heterocycles. The molecule has 1 atom stereocenters. The Labute approximate surface area is 131 Å². The molecule has 0 bridgehead atoms. The van der Waals surface area contributed by atoms with Crippen molar-refractivity contribution in [2.45, 2.75) is 25.7 Å². The number of benzene rings is 2. The molecule has 0 heterocycles. The summed E-state index contributed by atoms with van der Waals surface area (Å²) < 4.78 is 10.4. The average Bonchev–Trinajstić information content (AvgIpc) is 2.59. The van der Waals surface area contributed by atoms with E-state index < -0.39 is 0 Å². The zero-order valence-corrected chi connectivity index (χ0v) is 13.3. The van der Waals surface area contributed by atoms with Gasteiger partial charge in [0.15, 0.2) is 5.78 Å². The van der Waals surface area contributed by atoms with Gasteiger partial charge in [-0.3, -0.25) is 4.79 Å². The molecule has 116 valence electrons. The van der Waals surface area contributed by atoms with E-state index in [9.17, 15) is 4.79 Å². The number of carbonyl (C=O) groups is 1. The Hall–Kier alpha value is -2.29. The second-order valence-corrected chi connectivity index (χ2v) is 5.24. The van der Waals surface area contributed by atoms with E-state index in [1.807, 2.05) is 42.5 Å². The van der Waals surface area contributed by atoms with Gasteiger partial charge in [-0.25, -0.2) is 0 Å². The molecule has 0 aliphatic rings. The van der Waals surface area contributed by atoms with Gasteiger partial charge in [0.05, 0.1) is 14.2 Å². The molecular weight excluding hydrogens is 276 g/mol. The highest BCUT2D eigenvalue weighted by Crippen LogP contribution is 2.27. The van der Waals surface area contributed by atoms with Crippen molar-refractivity contribution in [1.29, 1.82) is 0 Å². The Morgan fingerprint density at radius 2 is 1.68 bits per heavy atom. The molecule has 0 N–H and O–H groups in total. The van der Waals surface area contributed by atoms with Crippen molar-refractivity contribution in [3.8, 4) is 11.5 Å². The van der Waals surface area contributed by atoms with Gasteiger partial charge in [-0.05, 0) is 42.2 Å². The molecule has 0 saturated carbocycles. The van der Waals surface area contributed by atoms with Crippen LogP contribution in [0.5, 0.6) is 11.5 Å². The minimum absolute atomic E-state index is 0.140. The summed E-state index contributed by atoms with van der Waals surface area (Å²) in [5, 5.41) is 0. The van der Waals surface area contributed by atoms with E-state index in [4.69, 9.17) is 9.47 Å². The normalized spacial score (nSPS) is 11.8. The van der Waals surface area contributed by atoms with Crippen molar-refractivity contribution < 1.29 is 14.3 Å². The first kappa shape index (κ1) is 16.1. The number of ether oxygens (including phenoxy) is 2. The molecule has 22 heavy (non-hydrogen) atoms. The van der Waals surface area contributed by atoms with Crippen molar-refractivity contribution >= 4 is 5.78 Å². The van der Waals surface area contributed by atoms with Crippen molar-refractivity contribution in [3.05, 3.63) is 59.7 Å². The van der Waals surface area contributed by atoms with E-state index in [1.165, 1.54) is 5.56 Å². The molecule has 0 aliphatic carbocycles. The van der Waals surface area contributed by atoms with Crippen LogP contribution >= 0.6 is 0 Å². The van der Waals surface area contributed by atoms with Crippen LogP contribution < -0.4 is 9.47 Å². The van der Waals surface area contributed by atoms with Crippen LogP contribution in [0.4, 0.5) is 0 Å². The quantitative estimate of drug-likeness (QED) is 0.707. The molecule has 0 spiro atoms. The monoisotopic (exact) mass is 298 g/mol. The molecule has 0 unspecified atom stereocenters. The van der Waals surface area contributed by atoms with Crippen LogP contribution in [0.2, 0.25) is 0 Å². The highest BCUT2D eigenvalue weighted by atomic mass is 16.5. The Balaban J connectivity index is 2.12. The number of Topliss-reactive ketones (excluding diaryl/α,β-unsaturated/α-hetero) is 1. The maximum atomic E-state index is 12.5. The minimum atomic E-state index is 0.140. The summed E-state index contributed by atoms with van der Waals surface area (Å²) >= 11 is 0. The maximum Gasteiger partial charge on any atom is 0.163 e. The molecule has 0 amide bonds. The molecule has 2 aromatic carbocycles. The van der Waals surface area contributed by atoms with Crippen molar-refractivity contribution in [2.24, 2.45) is 0 Å². The number of carbonyl (C=O) groups excluding carboxylic acids is 1. The summed E-state index contributed by atoms with van der Waals surface area (Å²) in [5.74, 6) is 1.90. The third kappa shape index (κ3) is 3.88. The molecule has 0 radical (unpaired) electrons. The van der Waals surface area contributed by atoms with Gasteiger partial charge < -0.3 is 9.47 Å². The summed E-state index contributed by atoms with van der Waals surface area (Å²) in [7, 11) is 3.26. The van der Waals surface area contributed by atoms with Crippen LogP contribution in [-0.4, -0.2) is 20.0 Å². The highest BCUT2D eigenvalue weighted by Gasteiger charge is 2.16. The van der Waals surface area contributed by atoms with E-state index in [2.05, 4.69) is 6.92 Å². The van der Waals surface area contributed by atoms with Gasteiger partial charge in [-0.1, -0.05) is 31.2 Å². The zero-order chi connectivity index (χ0) is 15.9. The third-order valence-corrected chi connectivity index (χ3v) is 3.90. The summed E-state index contributed by atoms with van der Waals surface area (Å²) in [6.45, 7) is 2.10. The standard InChI is InChI=1S/C19H22O3/c1-4-14(15-8-10-17(21-2)11-9-15)13-19(20)16-6-5-7-18(12-16)22-3/h5-12,14H,4,13H2,1-3H3/t14-/m1/s1. The topological polar surface area (TPSA) is 35.5 Å². The lowest BCUT2D eigenvalue weighted by Crippen LogP contribution is -2.07. The van der Waals surface area contributed by atoms with Crippen LogP contribution in [0.3, 0.4) is 0 Å². The Morgan fingerprint density at radius 1 is 1.00 bits per heavy atom. The summed E-state index contributed by atoms with van der Waals surface area (Å²) in [6.07, 6.45) is 1.41. The van der Waals surface area contributed by atoms with Crippen LogP contribution in [0, 0.1) is 0 Å². The minimum Gasteiger partial charge on any atom is -0.497 e. The Kier molecular flexibility index (Phi) is 5.59. The summed E-state index contributed by atoms with van der Waals surface area (Å²) in [5.41, 5.74) is 1.87. The molecule has 2 rings (SSSR count). The number of hydrogen-bond donors (Lipinski definition) is 0. The molecule has 2 aromatic rings. The molecular formula is C19H22O3. The van der Waals surface area contributed by atoms with E-state index in [0.717, 1.165) is 12.2 Å². The SMILES string of the molecule is CC[C@H](CC(=O)c1cccc(OC)c1)c1ccc(OC)cc1. The second-order valence-electron chi connectivity index (χ2n) is 5.24. The van der Waals surface area contributed by atoms with Crippen LogP contribution in [0.1, 0.15) is 41.6 Å². The van der Waals surface area contributed by atoms with E-state index in [-0.39, 0.29) is 11.7 Å². The van der Waals surface area contributed by atoms with Gasteiger partial charge in [-0.15, -0.1) is 0 Å². The lowest BCUT2D eigenvalue weighted by molar-refractivity contribution is 0.0972. The fourth-order valence-corrected chi connectivity index (χ4v) is 2.51. The van der Waals surface area contributed by atoms with Crippen LogP contribution in [0.15, 0.2) is 48.5 Å². The maximum absolute atomic E-state index is 12.5. The third-order valence-electron chi connectivity index (χ3n) is 3.90. The van der Waals surface area contributed by atoms with Gasteiger partial charge in [-0.2, -0.15) is 0 Å². The van der Waals surface area contributed by atoms with Gasteiger partial charge >= 0.3 is 0 Å². The van der Waals surface area contributed by atoms with Gasteiger partial charge in [0.2, 0.25) is 0 Å². The van der Waals surface area contributed by atoms with E-state index in [1.54, 1.807) is 20.3 Å². The number of hydrogen-bond acceptors (Lipinski definition) is 3. The lowest BCUT2D eigenvalue weighted by Gasteiger charge is -2.15. The van der Waals surface area contributed by atoms with Crippen LogP contribution in [-0.2, 0) is 0 Å². The fourth-order valence-electron chi connectivity index (χ4n) is 2.51. The van der Waals surface area contributed by atoms with E-state index in [0.29, 0.717) is 17.7 Å². The van der Waals surface area contributed by atoms with Crippen LogP contribution in [0.25, 0.3) is 0 Å². The van der Waals surface area contributed by atoms with Gasteiger partial charge in [0.1, 0.15) is 11.5 Å². The average molecular weight is 298 g/mol. The first-order valence-corrected chi connectivity index (χ1v) is 7.49. The largest absolute Gasteiger partial charge is 0.497 e. The number of methoxy groups -OCH3 is 2. The van der Waals surface area contributed by atoms with Crippen molar-refractivity contribution in [3.63, 3.8) is 0 Å². The van der Waals surface area contributed by atoms with Gasteiger partial charge in [0.25, 0.3) is 0 Å². The summed E-state index contributed by atoms with van der Waals surface area (Å²) in [6, 6.07) is 15.3. The molecule has 0 fully saturated rings. The summed E-state index contributed by atoms with van der Waals surface area (Å²) in [4.78, 5) is 12.5. The molecule has 0 aliphatic heterocycles. The zero-order valence-electron chi connectivity index (χ0n) is 13.3. The van der Waals surface area contributed by atoms with E-state index >= 15 is 0 Å². The first-order chi connectivity index (χ1) is 10.7. The fraction of sp³-hybridized carbons (Fsp3) is 0.316. The molecule has 0 aromatic heterocycles. The highest BCUT2D eigenvalue weighted by molar-refractivity contribution is 5.96. The van der Waals surface area contributed by atoms with Crippen molar-refractivity contribution in [1.82, 2.24) is 0 Å².